The Kier molecular flexibility index (Phi) is 6.16. The van der Waals surface area contributed by atoms with Crippen molar-refractivity contribution >= 4 is 28.0 Å². The van der Waals surface area contributed by atoms with E-state index in [4.69, 9.17) is 4.74 Å². The van der Waals surface area contributed by atoms with Crippen LogP contribution in [0.15, 0.2) is 23.1 Å². The molecule has 0 saturated heterocycles. The Bertz CT molecular complexity index is 716. The van der Waals surface area contributed by atoms with Gasteiger partial charge in [0.25, 0.3) is 15.7 Å². The van der Waals surface area contributed by atoms with Crippen LogP contribution in [0.25, 0.3) is 0 Å². The third kappa shape index (κ3) is 4.23. The number of aldehydes is 1. The summed E-state index contributed by atoms with van der Waals surface area (Å²) in [4.78, 5) is 31.5. The van der Waals surface area contributed by atoms with Crippen molar-refractivity contribution in [3.63, 3.8) is 0 Å². The quantitative estimate of drug-likeness (QED) is 0.277. The molecular formula is C12H14N2O8S. The van der Waals surface area contributed by atoms with Crippen LogP contribution in [0.2, 0.25) is 0 Å². The molecule has 126 valence electrons. The molecule has 0 atom stereocenters. The summed E-state index contributed by atoms with van der Waals surface area (Å²) in [7, 11) is -2.15. The van der Waals surface area contributed by atoms with Gasteiger partial charge < -0.3 is 14.3 Å². The molecule has 0 amide bonds. The smallest absolute Gasteiger partial charge is 0.321 e. The van der Waals surface area contributed by atoms with E-state index in [-0.39, 0.29) is 12.0 Å². The lowest BCUT2D eigenvalue weighted by atomic mass is 10.3. The minimum Gasteiger partial charge on any atom is -0.497 e. The second-order valence-corrected chi connectivity index (χ2v) is 6.04. The molecule has 0 unspecified atom stereocenters. The Labute approximate surface area is 131 Å². The molecule has 0 aliphatic heterocycles. The van der Waals surface area contributed by atoms with Crippen LogP contribution >= 0.6 is 0 Å². The van der Waals surface area contributed by atoms with E-state index in [1.165, 1.54) is 13.2 Å². The molecule has 0 bridgehead atoms. The van der Waals surface area contributed by atoms with Crippen LogP contribution in [0.5, 0.6) is 5.75 Å². The average Bonchev–Trinajstić information content (AvgIpc) is 2.53. The number of hydrogen-bond acceptors (Lipinski definition) is 8. The van der Waals surface area contributed by atoms with E-state index >= 15 is 0 Å². The molecule has 0 radical (unpaired) electrons. The lowest BCUT2D eigenvalue weighted by Gasteiger charge is -2.18. The number of esters is 1. The third-order valence-electron chi connectivity index (χ3n) is 2.79. The fraction of sp³-hybridized carbons (Fsp3) is 0.333. The van der Waals surface area contributed by atoms with Gasteiger partial charge in [-0.05, 0) is 12.1 Å². The fourth-order valence-corrected chi connectivity index (χ4v) is 3.11. The highest BCUT2D eigenvalue weighted by Gasteiger charge is 2.33. The number of nitro benzene ring substituents is 1. The van der Waals surface area contributed by atoms with E-state index in [0.717, 1.165) is 19.2 Å². The molecule has 0 aliphatic carbocycles. The summed E-state index contributed by atoms with van der Waals surface area (Å²) in [6.45, 7) is -1.40. The second-order valence-electron chi connectivity index (χ2n) is 4.13. The van der Waals surface area contributed by atoms with Gasteiger partial charge in [0.1, 0.15) is 18.6 Å². The lowest BCUT2D eigenvalue weighted by molar-refractivity contribution is -0.387. The molecule has 1 rings (SSSR count). The maximum absolute atomic E-state index is 12.5. The van der Waals surface area contributed by atoms with E-state index in [1.54, 1.807) is 0 Å². The molecule has 0 spiro atoms. The van der Waals surface area contributed by atoms with Gasteiger partial charge in [-0.25, -0.2) is 8.42 Å². The highest BCUT2D eigenvalue weighted by atomic mass is 32.2. The number of rotatable bonds is 8. The normalized spacial score (nSPS) is 11.1. The summed E-state index contributed by atoms with van der Waals surface area (Å²) >= 11 is 0. The first-order valence-corrected chi connectivity index (χ1v) is 7.55. The standard InChI is InChI=1S/C12H14N2O8S/c1-21-9-3-4-11(10(7-9)14(17)18)23(19,20)13(5-6-15)8-12(16)22-2/h3-4,6-7H,5,8H2,1-2H3. The summed E-state index contributed by atoms with van der Waals surface area (Å²) < 4.78 is 34.7. The molecule has 0 aromatic heterocycles. The van der Waals surface area contributed by atoms with E-state index in [9.17, 15) is 28.1 Å². The largest absolute Gasteiger partial charge is 0.497 e. The number of nitro groups is 1. The van der Waals surface area contributed by atoms with Crippen LogP contribution in [0.4, 0.5) is 5.69 Å². The van der Waals surface area contributed by atoms with Crippen LogP contribution in [0, 0.1) is 10.1 Å². The summed E-state index contributed by atoms with van der Waals surface area (Å²) in [5.74, 6) is -0.822. The first-order chi connectivity index (χ1) is 10.8. The van der Waals surface area contributed by atoms with Gasteiger partial charge in [-0.3, -0.25) is 14.9 Å². The molecule has 0 saturated carbocycles. The van der Waals surface area contributed by atoms with E-state index < -0.39 is 44.6 Å². The number of sulfonamides is 1. The molecule has 0 N–H and O–H groups in total. The summed E-state index contributed by atoms with van der Waals surface area (Å²) in [6, 6.07) is 3.13. The number of carbonyl (C=O) groups excluding carboxylic acids is 2. The van der Waals surface area contributed by atoms with Crippen molar-refractivity contribution in [1.29, 1.82) is 0 Å². The third-order valence-corrected chi connectivity index (χ3v) is 4.65. The molecule has 1 aromatic rings. The van der Waals surface area contributed by atoms with Gasteiger partial charge in [0.2, 0.25) is 0 Å². The molecule has 1 aromatic carbocycles. The fourth-order valence-electron chi connectivity index (χ4n) is 1.66. The predicted octanol–water partition coefficient (Wildman–Crippen LogP) is -0.0340. The summed E-state index contributed by atoms with van der Waals surface area (Å²) in [5, 5.41) is 11.1. The number of carbonyl (C=O) groups is 2. The second kappa shape index (κ2) is 7.65. The average molecular weight is 346 g/mol. The van der Waals surface area contributed by atoms with E-state index in [2.05, 4.69) is 4.74 Å². The highest BCUT2D eigenvalue weighted by molar-refractivity contribution is 7.89. The van der Waals surface area contributed by atoms with Crippen molar-refractivity contribution in [1.82, 2.24) is 4.31 Å². The van der Waals surface area contributed by atoms with E-state index in [1.807, 2.05) is 0 Å². The predicted molar refractivity (Wildman–Crippen MR) is 76.5 cm³/mol. The molecule has 0 aliphatic rings. The monoisotopic (exact) mass is 346 g/mol. The van der Waals surface area contributed by atoms with Crippen molar-refractivity contribution in [2.24, 2.45) is 0 Å². The number of benzene rings is 1. The van der Waals surface area contributed by atoms with Gasteiger partial charge >= 0.3 is 5.97 Å². The Morgan fingerprint density at radius 1 is 1.39 bits per heavy atom. The first-order valence-electron chi connectivity index (χ1n) is 6.11. The van der Waals surface area contributed by atoms with Crippen molar-refractivity contribution in [3.8, 4) is 5.75 Å². The molecule has 0 fully saturated rings. The minimum atomic E-state index is -4.47. The number of ether oxygens (including phenoxy) is 2. The Hall–Kier alpha value is -2.53. The molecule has 10 nitrogen and oxygen atoms in total. The molecular weight excluding hydrogens is 332 g/mol. The first kappa shape index (κ1) is 18.5. The minimum absolute atomic E-state index is 0.0885. The van der Waals surface area contributed by atoms with Crippen molar-refractivity contribution in [2.45, 2.75) is 4.90 Å². The number of hydrogen-bond donors (Lipinski definition) is 0. The lowest BCUT2D eigenvalue weighted by Crippen LogP contribution is -2.37. The van der Waals surface area contributed by atoms with Crippen molar-refractivity contribution < 1.29 is 32.4 Å². The van der Waals surface area contributed by atoms with Crippen LogP contribution in [-0.2, 0) is 24.3 Å². The maximum atomic E-state index is 12.5. The van der Waals surface area contributed by atoms with Gasteiger partial charge in [-0.1, -0.05) is 0 Å². The summed E-state index contributed by atoms with van der Waals surface area (Å²) in [6.07, 6.45) is 0.260. The molecule has 23 heavy (non-hydrogen) atoms. The van der Waals surface area contributed by atoms with Gasteiger partial charge in [0, 0.05) is 0 Å². The zero-order chi connectivity index (χ0) is 17.6. The van der Waals surface area contributed by atoms with Crippen molar-refractivity contribution in [3.05, 3.63) is 28.3 Å². The van der Waals surface area contributed by atoms with Crippen molar-refractivity contribution in [2.75, 3.05) is 27.3 Å². The highest BCUT2D eigenvalue weighted by Crippen LogP contribution is 2.30. The maximum Gasteiger partial charge on any atom is 0.321 e. The number of methoxy groups -OCH3 is 2. The van der Waals surface area contributed by atoms with Crippen LogP contribution < -0.4 is 4.74 Å². The molecule has 0 heterocycles. The van der Waals surface area contributed by atoms with Gasteiger partial charge in [0.05, 0.1) is 31.8 Å². The topological polar surface area (TPSA) is 133 Å². The Morgan fingerprint density at radius 2 is 2.04 bits per heavy atom. The number of nitrogens with zero attached hydrogens (tertiary/aromatic N) is 2. The molecule has 11 heteroatoms. The van der Waals surface area contributed by atoms with Crippen LogP contribution in [0.3, 0.4) is 0 Å². The van der Waals surface area contributed by atoms with Gasteiger partial charge in [-0.2, -0.15) is 4.31 Å². The Morgan fingerprint density at radius 3 is 2.52 bits per heavy atom. The zero-order valence-electron chi connectivity index (χ0n) is 12.3. The zero-order valence-corrected chi connectivity index (χ0v) is 13.1. The Balaban J connectivity index is 3.41. The summed E-state index contributed by atoms with van der Waals surface area (Å²) in [5.41, 5.74) is -0.731. The van der Waals surface area contributed by atoms with Crippen LogP contribution in [-0.4, -0.2) is 57.2 Å². The van der Waals surface area contributed by atoms with Gasteiger partial charge in [-0.15, -0.1) is 0 Å². The van der Waals surface area contributed by atoms with Crippen LogP contribution in [0.1, 0.15) is 0 Å². The van der Waals surface area contributed by atoms with E-state index in [0.29, 0.717) is 4.31 Å². The SMILES string of the molecule is COC(=O)CN(CC=O)S(=O)(=O)c1ccc(OC)cc1[N+](=O)[O-]. The van der Waals surface area contributed by atoms with Gasteiger partial charge in [0.15, 0.2) is 4.90 Å².